The SMILES string of the molecule is NC(=S)NNC(=O)C1CCCc2sccc21. The predicted octanol–water partition coefficient (Wildman–Crippen LogP) is 1.03. The number of thiocarbonyl (C=S) groups is 1. The van der Waals surface area contributed by atoms with Gasteiger partial charge in [0.15, 0.2) is 5.11 Å². The number of nitrogens with two attached hydrogens (primary N) is 1. The third kappa shape index (κ3) is 2.33. The molecule has 86 valence electrons. The zero-order valence-corrected chi connectivity index (χ0v) is 10.3. The van der Waals surface area contributed by atoms with Gasteiger partial charge in [-0.25, -0.2) is 0 Å². The van der Waals surface area contributed by atoms with E-state index in [1.54, 1.807) is 11.3 Å². The van der Waals surface area contributed by atoms with E-state index in [-0.39, 0.29) is 16.9 Å². The molecule has 6 heteroatoms. The Morgan fingerprint density at radius 2 is 2.38 bits per heavy atom. The number of hydrogen-bond donors (Lipinski definition) is 3. The zero-order valence-electron chi connectivity index (χ0n) is 8.66. The lowest BCUT2D eigenvalue weighted by Crippen LogP contribution is -2.46. The van der Waals surface area contributed by atoms with E-state index in [9.17, 15) is 4.79 Å². The third-order valence-corrected chi connectivity index (χ3v) is 3.78. The highest BCUT2D eigenvalue weighted by molar-refractivity contribution is 7.80. The minimum Gasteiger partial charge on any atom is -0.375 e. The highest BCUT2D eigenvalue weighted by Gasteiger charge is 2.27. The number of nitrogens with one attached hydrogen (secondary N) is 2. The summed E-state index contributed by atoms with van der Waals surface area (Å²) in [6.45, 7) is 0. The van der Waals surface area contributed by atoms with Crippen molar-refractivity contribution < 1.29 is 4.79 Å². The van der Waals surface area contributed by atoms with E-state index >= 15 is 0 Å². The van der Waals surface area contributed by atoms with Crippen molar-refractivity contribution in [1.82, 2.24) is 10.9 Å². The molecule has 0 aliphatic heterocycles. The van der Waals surface area contributed by atoms with Crippen molar-refractivity contribution in [3.05, 3.63) is 21.9 Å². The Kier molecular flexibility index (Phi) is 3.40. The van der Waals surface area contributed by atoms with E-state index in [2.05, 4.69) is 23.1 Å². The molecule has 0 fully saturated rings. The van der Waals surface area contributed by atoms with Crippen molar-refractivity contribution in [1.29, 1.82) is 0 Å². The molecule has 1 aliphatic carbocycles. The fourth-order valence-electron chi connectivity index (χ4n) is 1.97. The van der Waals surface area contributed by atoms with Crippen LogP contribution in [0.25, 0.3) is 0 Å². The summed E-state index contributed by atoms with van der Waals surface area (Å²) in [6, 6.07) is 2.03. The molecule has 0 aromatic carbocycles. The molecule has 1 unspecified atom stereocenters. The summed E-state index contributed by atoms with van der Waals surface area (Å²) in [5, 5.41) is 2.12. The number of fused-ring (bicyclic) bond motifs is 1. The van der Waals surface area contributed by atoms with Crippen LogP contribution in [0, 0.1) is 0 Å². The molecule has 0 saturated heterocycles. The molecule has 1 aromatic heterocycles. The van der Waals surface area contributed by atoms with Crippen LogP contribution in [0.2, 0.25) is 0 Å². The predicted molar refractivity (Wildman–Crippen MR) is 68.1 cm³/mol. The number of amides is 1. The number of aryl methyl sites for hydroxylation is 1. The van der Waals surface area contributed by atoms with Crippen LogP contribution in [-0.2, 0) is 11.2 Å². The summed E-state index contributed by atoms with van der Waals surface area (Å²) in [7, 11) is 0. The number of rotatable bonds is 1. The normalized spacial score (nSPS) is 18.6. The first-order valence-electron chi connectivity index (χ1n) is 5.10. The van der Waals surface area contributed by atoms with Gasteiger partial charge in [0.1, 0.15) is 0 Å². The average molecular weight is 255 g/mol. The second kappa shape index (κ2) is 4.80. The molecule has 0 bridgehead atoms. The van der Waals surface area contributed by atoms with Crippen molar-refractivity contribution >= 4 is 34.6 Å². The highest BCUT2D eigenvalue weighted by atomic mass is 32.1. The average Bonchev–Trinajstić information content (AvgIpc) is 2.73. The van der Waals surface area contributed by atoms with E-state index in [1.807, 2.05) is 11.4 Å². The number of hydrogen-bond acceptors (Lipinski definition) is 3. The molecule has 1 heterocycles. The van der Waals surface area contributed by atoms with Crippen LogP contribution < -0.4 is 16.6 Å². The summed E-state index contributed by atoms with van der Waals surface area (Å²) >= 11 is 6.35. The van der Waals surface area contributed by atoms with E-state index in [0.29, 0.717) is 0 Å². The standard InChI is InChI=1S/C10H13N3OS2/c11-10(15)13-12-9(14)7-2-1-3-8-6(7)4-5-16-8/h4-5,7H,1-3H2,(H,12,14)(H3,11,13,15). The quantitative estimate of drug-likeness (QED) is 0.518. The Labute approximate surface area is 103 Å². The second-order valence-corrected chi connectivity index (χ2v) is 5.16. The van der Waals surface area contributed by atoms with Crippen molar-refractivity contribution in [3.63, 3.8) is 0 Å². The Bertz CT molecular complexity index is 416. The van der Waals surface area contributed by atoms with Gasteiger partial charge in [0.05, 0.1) is 5.92 Å². The molecule has 0 spiro atoms. The van der Waals surface area contributed by atoms with Crippen LogP contribution in [-0.4, -0.2) is 11.0 Å². The van der Waals surface area contributed by atoms with Crippen molar-refractivity contribution in [3.8, 4) is 0 Å². The van der Waals surface area contributed by atoms with Gasteiger partial charge in [-0.3, -0.25) is 15.6 Å². The summed E-state index contributed by atoms with van der Waals surface area (Å²) in [5.41, 5.74) is 11.4. The van der Waals surface area contributed by atoms with Crippen LogP contribution in [0.1, 0.15) is 29.2 Å². The van der Waals surface area contributed by atoms with Gasteiger partial charge in [0.2, 0.25) is 5.91 Å². The number of carbonyl (C=O) groups excluding carboxylic acids is 1. The third-order valence-electron chi connectivity index (χ3n) is 2.68. The Balaban J connectivity index is 2.06. The maximum absolute atomic E-state index is 11.9. The molecule has 0 radical (unpaired) electrons. The van der Waals surface area contributed by atoms with Crippen LogP contribution in [0.4, 0.5) is 0 Å². The lowest BCUT2D eigenvalue weighted by Gasteiger charge is -2.21. The maximum Gasteiger partial charge on any atom is 0.245 e. The fraction of sp³-hybridized carbons (Fsp3) is 0.400. The van der Waals surface area contributed by atoms with Gasteiger partial charge in [-0.15, -0.1) is 11.3 Å². The molecule has 16 heavy (non-hydrogen) atoms. The molecular weight excluding hydrogens is 242 g/mol. The van der Waals surface area contributed by atoms with Crippen LogP contribution in [0.5, 0.6) is 0 Å². The van der Waals surface area contributed by atoms with Crippen molar-refractivity contribution in [2.24, 2.45) is 5.73 Å². The Hall–Kier alpha value is -1.14. The van der Waals surface area contributed by atoms with E-state index < -0.39 is 0 Å². The molecule has 1 aromatic rings. The number of hydrazine groups is 1. The Morgan fingerprint density at radius 3 is 3.12 bits per heavy atom. The molecule has 0 saturated carbocycles. The number of carbonyl (C=O) groups is 1. The van der Waals surface area contributed by atoms with Crippen LogP contribution >= 0.6 is 23.6 Å². The number of thiophene rings is 1. The first-order chi connectivity index (χ1) is 7.68. The van der Waals surface area contributed by atoms with Crippen molar-refractivity contribution in [2.75, 3.05) is 0 Å². The molecular formula is C10H13N3OS2. The van der Waals surface area contributed by atoms with Gasteiger partial charge in [0.25, 0.3) is 0 Å². The zero-order chi connectivity index (χ0) is 11.5. The van der Waals surface area contributed by atoms with Gasteiger partial charge in [-0.2, -0.15) is 0 Å². The fourth-order valence-corrected chi connectivity index (χ4v) is 3.01. The minimum atomic E-state index is -0.0724. The second-order valence-electron chi connectivity index (χ2n) is 3.72. The highest BCUT2D eigenvalue weighted by Crippen LogP contribution is 2.34. The van der Waals surface area contributed by atoms with Crippen LogP contribution in [0.15, 0.2) is 11.4 Å². The van der Waals surface area contributed by atoms with E-state index in [4.69, 9.17) is 5.73 Å². The van der Waals surface area contributed by atoms with Crippen molar-refractivity contribution in [2.45, 2.75) is 25.2 Å². The topological polar surface area (TPSA) is 67.2 Å². The van der Waals surface area contributed by atoms with Gasteiger partial charge in [0, 0.05) is 4.88 Å². The van der Waals surface area contributed by atoms with E-state index in [0.717, 1.165) is 24.8 Å². The van der Waals surface area contributed by atoms with Gasteiger partial charge in [-0.1, -0.05) is 0 Å². The molecule has 4 nitrogen and oxygen atoms in total. The molecule has 1 atom stereocenters. The lowest BCUT2D eigenvalue weighted by atomic mass is 9.87. The smallest absolute Gasteiger partial charge is 0.245 e. The van der Waals surface area contributed by atoms with Gasteiger partial charge in [-0.05, 0) is 48.5 Å². The first kappa shape index (κ1) is 11.3. The Morgan fingerprint density at radius 1 is 1.56 bits per heavy atom. The van der Waals surface area contributed by atoms with E-state index in [1.165, 1.54) is 4.88 Å². The summed E-state index contributed by atoms with van der Waals surface area (Å²) in [4.78, 5) is 13.2. The maximum atomic E-state index is 11.9. The summed E-state index contributed by atoms with van der Waals surface area (Å²) in [5.74, 6) is -0.135. The largest absolute Gasteiger partial charge is 0.375 e. The first-order valence-corrected chi connectivity index (χ1v) is 6.39. The van der Waals surface area contributed by atoms with Gasteiger partial charge >= 0.3 is 0 Å². The lowest BCUT2D eigenvalue weighted by molar-refractivity contribution is -0.123. The minimum absolute atomic E-state index is 0.0628. The molecule has 1 aliphatic rings. The molecule has 4 N–H and O–H groups in total. The monoisotopic (exact) mass is 255 g/mol. The van der Waals surface area contributed by atoms with Crippen LogP contribution in [0.3, 0.4) is 0 Å². The molecule has 2 rings (SSSR count). The summed E-state index contributed by atoms with van der Waals surface area (Å²) < 4.78 is 0. The summed E-state index contributed by atoms with van der Waals surface area (Å²) in [6.07, 6.45) is 3.02. The molecule has 1 amide bonds. The van der Waals surface area contributed by atoms with Gasteiger partial charge < -0.3 is 5.73 Å².